The molecule has 0 bridgehead atoms. The molecule has 0 aliphatic rings. The highest BCUT2D eigenvalue weighted by Crippen LogP contribution is 2.29. The minimum absolute atomic E-state index is 0.227. The van der Waals surface area contributed by atoms with E-state index < -0.39 is 0 Å². The Morgan fingerprint density at radius 3 is 2.47 bits per heavy atom. The van der Waals surface area contributed by atoms with Gasteiger partial charge in [-0.05, 0) is 33.5 Å². The summed E-state index contributed by atoms with van der Waals surface area (Å²) in [5.74, 6) is 0. The minimum atomic E-state index is 0.227. The summed E-state index contributed by atoms with van der Waals surface area (Å²) in [6.07, 6.45) is 0. The Balaban J connectivity index is 3.13. The highest BCUT2D eigenvalue weighted by Gasteiger charge is 2.18. The number of thiocarbonyl (C=S) groups is 1. The Morgan fingerprint density at radius 1 is 1.41 bits per heavy atom. The quantitative estimate of drug-likeness (QED) is 0.865. The minimum Gasteiger partial charge on any atom is -0.389 e. The Hall–Kier alpha value is -0.610. The van der Waals surface area contributed by atoms with Gasteiger partial charge in [0.15, 0.2) is 0 Å². The van der Waals surface area contributed by atoms with E-state index in [9.17, 15) is 0 Å². The molecule has 0 atom stereocenters. The monoisotopic (exact) mass is 314 g/mol. The van der Waals surface area contributed by atoms with E-state index in [1.165, 1.54) is 0 Å². The van der Waals surface area contributed by atoms with Crippen LogP contribution in [0.5, 0.6) is 0 Å². The van der Waals surface area contributed by atoms with Crippen LogP contribution in [-0.4, -0.2) is 18.6 Å². The van der Waals surface area contributed by atoms with E-state index in [0.29, 0.717) is 4.99 Å². The maximum Gasteiger partial charge on any atom is 0.107 e. The molecule has 17 heavy (non-hydrogen) atoms. The van der Waals surface area contributed by atoms with Gasteiger partial charge in [-0.3, -0.25) is 0 Å². The Kier molecular flexibility index (Phi) is 4.55. The van der Waals surface area contributed by atoms with Crippen LogP contribution in [-0.2, 0) is 0 Å². The Bertz CT molecular complexity index is 424. The number of halogens is 1. The molecule has 0 spiro atoms. The fourth-order valence-electron chi connectivity index (χ4n) is 1.87. The molecule has 0 radical (unpaired) electrons. The van der Waals surface area contributed by atoms with Gasteiger partial charge in [0, 0.05) is 29.3 Å². The van der Waals surface area contributed by atoms with E-state index in [2.05, 4.69) is 48.6 Å². The maximum absolute atomic E-state index is 5.79. The number of hydrogen-bond donors (Lipinski definition) is 1. The molecule has 1 rings (SSSR count). The topological polar surface area (TPSA) is 29.3 Å². The normalized spacial score (nSPS) is 11.4. The summed E-state index contributed by atoms with van der Waals surface area (Å²) in [7, 11) is 2.06. The van der Waals surface area contributed by atoms with Gasteiger partial charge in [-0.1, -0.05) is 39.1 Å². The first-order chi connectivity index (χ1) is 7.72. The summed E-state index contributed by atoms with van der Waals surface area (Å²) in [5.41, 5.74) is 8.00. The zero-order chi connectivity index (χ0) is 13.2. The van der Waals surface area contributed by atoms with Crippen LogP contribution in [0, 0.1) is 5.41 Å². The average molecular weight is 315 g/mol. The molecule has 0 saturated heterocycles. The van der Waals surface area contributed by atoms with Crippen molar-refractivity contribution in [2.75, 3.05) is 18.5 Å². The largest absolute Gasteiger partial charge is 0.389 e. The second-order valence-corrected chi connectivity index (χ2v) is 6.71. The zero-order valence-electron chi connectivity index (χ0n) is 10.7. The predicted octanol–water partition coefficient (Wildman–Crippen LogP) is 3.57. The lowest BCUT2D eigenvalue weighted by Gasteiger charge is -2.30. The van der Waals surface area contributed by atoms with Crippen LogP contribution in [0.15, 0.2) is 22.7 Å². The van der Waals surface area contributed by atoms with Gasteiger partial charge in [-0.25, -0.2) is 0 Å². The molecular formula is C13H19BrN2S. The van der Waals surface area contributed by atoms with Gasteiger partial charge in [0.1, 0.15) is 4.99 Å². The molecule has 4 heteroatoms. The van der Waals surface area contributed by atoms with Crippen LogP contribution >= 0.6 is 28.1 Å². The third-order valence-electron chi connectivity index (χ3n) is 2.36. The van der Waals surface area contributed by atoms with Gasteiger partial charge < -0.3 is 10.6 Å². The summed E-state index contributed by atoms with van der Waals surface area (Å²) >= 11 is 8.62. The molecule has 1 aromatic rings. The molecule has 0 amide bonds. The summed E-state index contributed by atoms with van der Waals surface area (Å²) < 4.78 is 0.947. The highest BCUT2D eigenvalue weighted by atomic mass is 79.9. The Morgan fingerprint density at radius 2 is 2.00 bits per heavy atom. The lowest BCUT2D eigenvalue weighted by molar-refractivity contribution is 0.419. The van der Waals surface area contributed by atoms with Gasteiger partial charge in [0.2, 0.25) is 0 Å². The van der Waals surface area contributed by atoms with Crippen molar-refractivity contribution in [1.29, 1.82) is 0 Å². The second-order valence-electron chi connectivity index (χ2n) is 5.41. The molecule has 0 heterocycles. The number of rotatable bonds is 3. The molecule has 0 saturated carbocycles. The van der Waals surface area contributed by atoms with Crippen molar-refractivity contribution in [3.8, 4) is 0 Å². The second kappa shape index (κ2) is 5.36. The molecular weight excluding hydrogens is 296 g/mol. The lowest BCUT2D eigenvalue weighted by Crippen LogP contribution is -2.31. The molecule has 0 aromatic heterocycles. The summed E-state index contributed by atoms with van der Waals surface area (Å²) in [4.78, 5) is 2.62. The van der Waals surface area contributed by atoms with Crippen LogP contribution in [0.1, 0.15) is 26.3 Å². The van der Waals surface area contributed by atoms with Crippen LogP contribution in [0.25, 0.3) is 0 Å². The number of nitrogens with zero attached hydrogens (tertiary/aromatic N) is 1. The number of anilines is 1. The van der Waals surface area contributed by atoms with Gasteiger partial charge >= 0.3 is 0 Å². The van der Waals surface area contributed by atoms with Crippen molar-refractivity contribution in [2.24, 2.45) is 11.1 Å². The van der Waals surface area contributed by atoms with E-state index in [4.69, 9.17) is 18.0 Å². The first-order valence-corrected chi connectivity index (χ1v) is 6.72. The van der Waals surface area contributed by atoms with Crippen LogP contribution in [0.3, 0.4) is 0 Å². The fourth-order valence-corrected chi connectivity index (χ4v) is 2.79. The maximum atomic E-state index is 5.79. The van der Waals surface area contributed by atoms with Crippen molar-refractivity contribution in [2.45, 2.75) is 20.8 Å². The van der Waals surface area contributed by atoms with Gasteiger partial charge in [0.25, 0.3) is 0 Å². The van der Waals surface area contributed by atoms with E-state index >= 15 is 0 Å². The predicted molar refractivity (Wildman–Crippen MR) is 82.8 cm³/mol. The van der Waals surface area contributed by atoms with Crippen molar-refractivity contribution >= 4 is 38.8 Å². The third-order valence-corrected chi connectivity index (χ3v) is 3.23. The van der Waals surface area contributed by atoms with E-state index in [1.807, 2.05) is 18.2 Å². The number of hydrogen-bond acceptors (Lipinski definition) is 2. The fraction of sp³-hybridized carbons (Fsp3) is 0.462. The van der Waals surface area contributed by atoms with Crippen molar-refractivity contribution in [1.82, 2.24) is 0 Å². The number of benzene rings is 1. The van der Waals surface area contributed by atoms with Gasteiger partial charge in [0.05, 0.1) is 0 Å². The van der Waals surface area contributed by atoms with Crippen LogP contribution in [0.4, 0.5) is 5.69 Å². The average Bonchev–Trinajstić information content (AvgIpc) is 2.13. The standard InChI is InChI=1S/C13H19BrN2S/c1-13(2,3)8-16(4)10-7-5-6-9(14)11(10)12(15)17/h5-7H,8H2,1-4H3,(H2,15,17). The van der Waals surface area contributed by atoms with Crippen molar-refractivity contribution in [3.05, 3.63) is 28.2 Å². The van der Waals surface area contributed by atoms with Gasteiger partial charge in [-0.15, -0.1) is 0 Å². The van der Waals surface area contributed by atoms with Crippen molar-refractivity contribution in [3.63, 3.8) is 0 Å². The van der Waals surface area contributed by atoms with Crippen LogP contribution < -0.4 is 10.6 Å². The van der Waals surface area contributed by atoms with Crippen LogP contribution in [0.2, 0.25) is 0 Å². The molecule has 0 aliphatic heterocycles. The summed E-state index contributed by atoms with van der Waals surface area (Å²) in [6.45, 7) is 7.57. The molecule has 2 nitrogen and oxygen atoms in total. The molecule has 0 unspecified atom stereocenters. The van der Waals surface area contributed by atoms with E-state index in [0.717, 1.165) is 22.3 Å². The van der Waals surface area contributed by atoms with Gasteiger partial charge in [-0.2, -0.15) is 0 Å². The molecule has 2 N–H and O–H groups in total. The van der Waals surface area contributed by atoms with E-state index in [1.54, 1.807) is 0 Å². The Labute approximate surface area is 117 Å². The van der Waals surface area contributed by atoms with Crippen molar-refractivity contribution < 1.29 is 0 Å². The summed E-state index contributed by atoms with van der Waals surface area (Å²) in [6, 6.07) is 6.01. The first-order valence-electron chi connectivity index (χ1n) is 5.52. The lowest BCUT2D eigenvalue weighted by atomic mass is 9.95. The molecule has 94 valence electrons. The highest BCUT2D eigenvalue weighted by molar-refractivity contribution is 9.10. The molecule has 0 fully saturated rings. The first kappa shape index (κ1) is 14.5. The molecule has 1 aromatic carbocycles. The SMILES string of the molecule is CN(CC(C)(C)C)c1cccc(Br)c1C(N)=S. The van der Waals surface area contributed by atoms with E-state index in [-0.39, 0.29) is 5.41 Å². The summed E-state index contributed by atoms with van der Waals surface area (Å²) in [5, 5.41) is 0. The zero-order valence-corrected chi connectivity index (χ0v) is 13.2. The third kappa shape index (κ3) is 3.96. The number of nitrogens with two attached hydrogens (primary N) is 1. The smallest absolute Gasteiger partial charge is 0.107 e. The molecule has 0 aliphatic carbocycles.